The maximum atomic E-state index is 10.4. The van der Waals surface area contributed by atoms with Gasteiger partial charge in [0.15, 0.2) is 0 Å². The molecule has 0 radical (unpaired) electrons. The number of carboxylic acids is 2. The van der Waals surface area contributed by atoms with E-state index in [-0.39, 0.29) is 28.9 Å². The molecule has 0 aliphatic carbocycles. The fourth-order valence-electron chi connectivity index (χ4n) is 1.58. The number of carbonyl (C=O) groups is 4. The van der Waals surface area contributed by atoms with Crippen molar-refractivity contribution in [3.05, 3.63) is 0 Å². The van der Waals surface area contributed by atoms with Gasteiger partial charge in [0, 0.05) is 12.8 Å². The number of hydrogen-bond donors (Lipinski definition) is 2. The summed E-state index contributed by atoms with van der Waals surface area (Å²) in [6.45, 7) is 0. The molecule has 2 amide bonds. The zero-order valence-corrected chi connectivity index (χ0v) is 10.9. The molecule has 2 aliphatic rings. The van der Waals surface area contributed by atoms with Crippen LogP contribution in [0, 0.1) is 0 Å². The molecule has 2 rings (SSSR count). The van der Waals surface area contributed by atoms with Gasteiger partial charge in [-0.3, -0.25) is 9.59 Å². The van der Waals surface area contributed by atoms with E-state index in [1.165, 1.54) is 0 Å². The first-order valence-corrected chi connectivity index (χ1v) is 5.40. The maximum absolute atomic E-state index is 10.4. The second-order valence-electron chi connectivity index (χ2n) is 3.96. The van der Waals surface area contributed by atoms with Crippen LogP contribution in [0.25, 0.3) is 0 Å². The summed E-state index contributed by atoms with van der Waals surface area (Å²) in [4.78, 5) is 40.8. The second kappa shape index (κ2) is 7.75. The molecule has 0 saturated carbocycles. The van der Waals surface area contributed by atoms with Crippen LogP contribution in [0.3, 0.4) is 0 Å². The zero-order chi connectivity index (χ0) is 13.7. The van der Waals surface area contributed by atoms with Crippen molar-refractivity contribution < 1.29 is 46.5 Å². The monoisotopic (exact) mass is 312 g/mol. The third-order valence-corrected chi connectivity index (χ3v) is 2.56. The second-order valence-corrected chi connectivity index (χ2v) is 3.96. The molecule has 2 unspecified atom stereocenters. The number of nitrogens with one attached hydrogen (secondary N) is 2. The SMILES string of the molecule is O=C1CCC(C(=O)[O-])N1.O=C1CCC(C(=O)[O-])N1.[Fe+4]. The molecule has 0 aromatic carbocycles. The predicted octanol–water partition coefficient (Wildman–Crippen LogP) is -3.97. The molecule has 2 N–H and O–H groups in total. The van der Waals surface area contributed by atoms with Gasteiger partial charge in [0.05, 0.1) is 24.0 Å². The minimum Gasteiger partial charge on any atom is -0.548 e. The van der Waals surface area contributed by atoms with Gasteiger partial charge in [-0.25, -0.2) is 0 Å². The van der Waals surface area contributed by atoms with Gasteiger partial charge in [-0.05, 0) is 12.8 Å². The summed E-state index contributed by atoms with van der Waals surface area (Å²) < 4.78 is 0. The van der Waals surface area contributed by atoms with Crippen LogP contribution in [0.1, 0.15) is 25.7 Å². The van der Waals surface area contributed by atoms with E-state index in [0.717, 1.165) is 0 Å². The van der Waals surface area contributed by atoms with Crippen molar-refractivity contribution in [3.63, 3.8) is 0 Å². The van der Waals surface area contributed by atoms with Crippen molar-refractivity contribution in [2.75, 3.05) is 0 Å². The minimum absolute atomic E-state index is 0. The van der Waals surface area contributed by atoms with Crippen LogP contribution < -0.4 is 20.8 Å². The molecule has 2 fully saturated rings. The molecule has 0 aromatic rings. The molecule has 0 spiro atoms. The Balaban J connectivity index is 0.000000324. The van der Waals surface area contributed by atoms with E-state index in [1.54, 1.807) is 0 Å². The molecule has 2 saturated heterocycles. The molecular formula is C10H12FeN2O6+2. The maximum Gasteiger partial charge on any atom is 4.00 e. The van der Waals surface area contributed by atoms with Crippen molar-refractivity contribution in [2.45, 2.75) is 37.8 Å². The standard InChI is InChI=1S/2C5H7NO3.Fe/c2*7-4-2-1-3(6-4)5(8)9;/h2*3H,1-2H2,(H,6,7)(H,8,9);/q;;+4/p-2. The largest absolute Gasteiger partial charge is 4.00 e. The van der Waals surface area contributed by atoms with Gasteiger partial charge >= 0.3 is 17.1 Å². The Morgan fingerprint density at radius 3 is 1.32 bits per heavy atom. The summed E-state index contributed by atoms with van der Waals surface area (Å²) in [5, 5.41) is 24.5. The molecule has 2 aliphatic heterocycles. The third kappa shape index (κ3) is 5.71. The van der Waals surface area contributed by atoms with Crippen LogP contribution in [0.5, 0.6) is 0 Å². The average molecular weight is 312 g/mol. The Morgan fingerprint density at radius 2 is 1.21 bits per heavy atom. The third-order valence-electron chi connectivity index (χ3n) is 2.56. The van der Waals surface area contributed by atoms with Crippen LogP contribution in [0.15, 0.2) is 0 Å². The average Bonchev–Trinajstić information content (AvgIpc) is 2.88. The molecule has 2 heterocycles. The molecule has 2 atom stereocenters. The first-order chi connectivity index (χ1) is 8.40. The summed E-state index contributed by atoms with van der Waals surface area (Å²) in [6, 6.07) is -1.50. The summed E-state index contributed by atoms with van der Waals surface area (Å²) in [5.74, 6) is -2.80. The smallest absolute Gasteiger partial charge is 0.548 e. The van der Waals surface area contributed by atoms with E-state index < -0.39 is 24.0 Å². The Labute approximate surface area is 119 Å². The molecule has 0 aromatic heterocycles. The Hall–Kier alpha value is -1.60. The topological polar surface area (TPSA) is 138 Å². The summed E-state index contributed by atoms with van der Waals surface area (Å²) in [5.41, 5.74) is 0. The quantitative estimate of drug-likeness (QED) is 0.499. The van der Waals surface area contributed by atoms with Crippen LogP contribution in [-0.2, 0) is 36.2 Å². The minimum atomic E-state index is -1.19. The van der Waals surface area contributed by atoms with Crippen molar-refractivity contribution in [3.8, 4) is 0 Å². The Bertz CT molecular complexity index is 350. The van der Waals surface area contributed by atoms with Crippen molar-refractivity contribution >= 4 is 23.8 Å². The van der Waals surface area contributed by atoms with Gasteiger partial charge in [0.25, 0.3) is 0 Å². The number of aliphatic carboxylic acids is 2. The fourth-order valence-corrected chi connectivity index (χ4v) is 1.58. The van der Waals surface area contributed by atoms with E-state index in [4.69, 9.17) is 0 Å². The first kappa shape index (κ1) is 17.4. The molecular weight excluding hydrogens is 300 g/mol. The molecule has 8 nitrogen and oxygen atoms in total. The number of carbonyl (C=O) groups excluding carboxylic acids is 4. The van der Waals surface area contributed by atoms with Crippen LogP contribution in [0.2, 0.25) is 0 Å². The number of amides is 2. The van der Waals surface area contributed by atoms with Gasteiger partial charge in [-0.15, -0.1) is 0 Å². The summed E-state index contributed by atoms with van der Waals surface area (Å²) in [7, 11) is 0. The molecule has 0 bridgehead atoms. The van der Waals surface area contributed by atoms with Crippen LogP contribution in [-0.4, -0.2) is 35.8 Å². The normalized spacial score (nSPS) is 24.4. The summed E-state index contributed by atoms with van der Waals surface area (Å²) >= 11 is 0. The van der Waals surface area contributed by atoms with E-state index in [0.29, 0.717) is 25.7 Å². The van der Waals surface area contributed by atoms with E-state index in [9.17, 15) is 29.4 Å². The fraction of sp³-hybridized carbons (Fsp3) is 0.600. The summed E-state index contributed by atoms with van der Waals surface area (Å²) in [6.07, 6.45) is 1.33. The van der Waals surface area contributed by atoms with Gasteiger partial charge in [-0.1, -0.05) is 0 Å². The van der Waals surface area contributed by atoms with Gasteiger partial charge in [0.1, 0.15) is 0 Å². The zero-order valence-electron chi connectivity index (χ0n) is 9.79. The van der Waals surface area contributed by atoms with Crippen molar-refractivity contribution in [2.24, 2.45) is 0 Å². The first-order valence-electron chi connectivity index (χ1n) is 5.40. The Morgan fingerprint density at radius 1 is 0.895 bits per heavy atom. The number of rotatable bonds is 2. The van der Waals surface area contributed by atoms with E-state index in [2.05, 4.69) is 10.6 Å². The van der Waals surface area contributed by atoms with Crippen molar-refractivity contribution in [1.29, 1.82) is 0 Å². The van der Waals surface area contributed by atoms with Crippen molar-refractivity contribution in [1.82, 2.24) is 10.6 Å². The predicted molar refractivity (Wildman–Crippen MR) is 52.3 cm³/mol. The number of carboxylic acid groups (broad SMARTS) is 2. The number of hydrogen-bond acceptors (Lipinski definition) is 6. The Kier molecular flexibility index (Phi) is 7.10. The molecule has 9 heteroatoms. The molecule has 19 heavy (non-hydrogen) atoms. The van der Waals surface area contributed by atoms with E-state index in [1.807, 2.05) is 0 Å². The van der Waals surface area contributed by atoms with Gasteiger partial charge < -0.3 is 30.4 Å². The van der Waals surface area contributed by atoms with Gasteiger partial charge in [-0.2, -0.15) is 0 Å². The van der Waals surface area contributed by atoms with E-state index >= 15 is 0 Å². The van der Waals surface area contributed by atoms with Gasteiger partial charge in [0.2, 0.25) is 11.8 Å². The van der Waals surface area contributed by atoms with Crippen LogP contribution >= 0.6 is 0 Å². The molecule has 104 valence electrons. The van der Waals surface area contributed by atoms with Crippen LogP contribution in [0.4, 0.5) is 0 Å².